The van der Waals surface area contributed by atoms with Gasteiger partial charge in [-0.1, -0.05) is 60.7 Å². The summed E-state index contributed by atoms with van der Waals surface area (Å²) >= 11 is 0. The van der Waals surface area contributed by atoms with E-state index in [-0.39, 0.29) is 44.9 Å². The molecule has 0 aliphatic heterocycles. The number of ketones is 2. The first-order valence-corrected chi connectivity index (χ1v) is 14.6. The SMILES string of the molecule is CC(C)OC(=O)Oc1ccccc1C(=O)c1ccccc1C(=O)OOC(=O)c1ccccc1C(=O)c1ccccc1OC(=O)OC(C)C. The molecular formula is C36H30O12. The first-order valence-electron chi connectivity index (χ1n) is 14.6. The van der Waals surface area contributed by atoms with E-state index >= 15 is 0 Å². The van der Waals surface area contributed by atoms with Crippen LogP contribution >= 0.6 is 0 Å². The van der Waals surface area contributed by atoms with E-state index in [1.165, 1.54) is 84.9 Å². The fourth-order valence-electron chi connectivity index (χ4n) is 4.27. The molecule has 4 rings (SSSR count). The molecule has 4 aromatic carbocycles. The van der Waals surface area contributed by atoms with Crippen LogP contribution in [0.1, 0.15) is 80.3 Å². The second-order valence-corrected chi connectivity index (χ2v) is 10.5. The summed E-state index contributed by atoms with van der Waals surface area (Å²) in [6, 6.07) is 22.9. The Morgan fingerprint density at radius 1 is 0.417 bits per heavy atom. The minimum Gasteiger partial charge on any atom is -0.431 e. The largest absolute Gasteiger partial charge is 0.514 e. The lowest BCUT2D eigenvalue weighted by Crippen LogP contribution is -2.19. The molecule has 0 spiro atoms. The van der Waals surface area contributed by atoms with Crippen LogP contribution in [0, 0.1) is 0 Å². The van der Waals surface area contributed by atoms with Crippen LogP contribution in [-0.2, 0) is 19.2 Å². The van der Waals surface area contributed by atoms with Gasteiger partial charge in [0.15, 0.2) is 11.6 Å². The lowest BCUT2D eigenvalue weighted by atomic mass is 9.97. The van der Waals surface area contributed by atoms with E-state index < -0.39 is 48.0 Å². The first kappa shape index (κ1) is 34.6. The van der Waals surface area contributed by atoms with Crippen molar-refractivity contribution in [2.24, 2.45) is 0 Å². The zero-order valence-electron chi connectivity index (χ0n) is 26.3. The van der Waals surface area contributed by atoms with Crippen molar-refractivity contribution in [2.45, 2.75) is 39.9 Å². The van der Waals surface area contributed by atoms with Crippen molar-refractivity contribution >= 4 is 35.8 Å². The second kappa shape index (κ2) is 15.8. The molecular weight excluding hydrogens is 624 g/mol. The number of hydrogen-bond donors (Lipinski definition) is 0. The Balaban J connectivity index is 1.52. The molecule has 0 heterocycles. The molecule has 0 aliphatic rings. The summed E-state index contributed by atoms with van der Waals surface area (Å²) < 4.78 is 20.4. The van der Waals surface area contributed by atoms with Crippen molar-refractivity contribution in [3.63, 3.8) is 0 Å². The highest BCUT2D eigenvalue weighted by Gasteiger charge is 2.27. The standard InChI is InChI=1S/C36H30O12/c1-21(2)43-35(41)45-29-19-11-9-17-27(29)31(37)23-13-5-7-15-25(23)33(39)47-48-34(40)26-16-8-6-14-24(26)32(38)28-18-10-12-20-30(28)46-36(42)44-22(3)4/h5-22H,1-4H3. The van der Waals surface area contributed by atoms with Gasteiger partial charge in [-0.25, -0.2) is 29.0 Å². The lowest BCUT2D eigenvalue weighted by molar-refractivity contribution is -0.187. The van der Waals surface area contributed by atoms with Gasteiger partial charge in [0, 0.05) is 11.1 Å². The summed E-state index contributed by atoms with van der Waals surface area (Å²) in [5.41, 5.74) is -0.920. The minimum absolute atomic E-state index is 0.0513. The van der Waals surface area contributed by atoms with Gasteiger partial charge in [0.1, 0.15) is 11.5 Å². The number of benzene rings is 4. The Morgan fingerprint density at radius 2 is 0.708 bits per heavy atom. The van der Waals surface area contributed by atoms with Gasteiger partial charge in [-0.2, -0.15) is 0 Å². The third-order valence-corrected chi connectivity index (χ3v) is 6.29. The molecule has 4 aromatic rings. The summed E-state index contributed by atoms with van der Waals surface area (Å²) in [5, 5.41) is 0. The molecule has 0 bridgehead atoms. The van der Waals surface area contributed by atoms with Gasteiger partial charge in [-0.05, 0) is 64.1 Å². The van der Waals surface area contributed by atoms with E-state index in [2.05, 4.69) is 0 Å². The summed E-state index contributed by atoms with van der Waals surface area (Å²) in [7, 11) is 0. The number of carbonyl (C=O) groups is 6. The predicted octanol–water partition coefficient (Wildman–Crippen LogP) is 6.93. The average Bonchev–Trinajstić information content (AvgIpc) is 3.06. The molecule has 0 saturated carbocycles. The van der Waals surface area contributed by atoms with Gasteiger partial charge in [-0.3, -0.25) is 9.59 Å². The number of ether oxygens (including phenoxy) is 4. The Bertz CT molecular complexity index is 1720. The van der Waals surface area contributed by atoms with E-state index in [0.29, 0.717) is 0 Å². The van der Waals surface area contributed by atoms with Crippen molar-refractivity contribution < 1.29 is 57.5 Å². The van der Waals surface area contributed by atoms with E-state index in [1.807, 2.05) is 0 Å². The van der Waals surface area contributed by atoms with Crippen molar-refractivity contribution in [2.75, 3.05) is 0 Å². The molecule has 0 amide bonds. The van der Waals surface area contributed by atoms with Gasteiger partial charge < -0.3 is 18.9 Å². The zero-order chi connectivity index (χ0) is 34.8. The fourth-order valence-corrected chi connectivity index (χ4v) is 4.27. The molecule has 0 saturated heterocycles. The summed E-state index contributed by atoms with van der Waals surface area (Å²) in [6.45, 7) is 6.53. The molecule has 246 valence electrons. The van der Waals surface area contributed by atoms with Crippen LogP contribution in [-0.4, -0.2) is 48.0 Å². The van der Waals surface area contributed by atoms with Crippen molar-refractivity contribution in [3.8, 4) is 11.5 Å². The number of hydrogen-bond acceptors (Lipinski definition) is 12. The minimum atomic E-state index is -1.20. The molecule has 0 unspecified atom stereocenters. The lowest BCUT2D eigenvalue weighted by Gasteiger charge is -2.13. The van der Waals surface area contributed by atoms with Gasteiger partial charge >= 0.3 is 24.2 Å². The maximum atomic E-state index is 13.5. The molecule has 48 heavy (non-hydrogen) atoms. The van der Waals surface area contributed by atoms with Crippen LogP contribution in [0.5, 0.6) is 11.5 Å². The monoisotopic (exact) mass is 654 g/mol. The molecule has 0 aliphatic carbocycles. The van der Waals surface area contributed by atoms with Gasteiger partial charge in [-0.15, -0.1) is 0 Å². The zero-order valence-corrected chi connectivity index (χ0v) is 26.3. The van der Waals surface area contributed by atoms with Crippen LogP contribution in [0.4, 0.5) is 9.59 Å². The highest BCUT2D eigenvalue weighted by Crippen LogP contribution is 2.26. The highest BCUT2D eigenvalue weighted by atomic mass is 17.2. The quantitative estimate of drug-likeness (QED) is 0.0572. The predicted molar refractivity (Wildman–Crippen MR) is 168 cm³/mol. The summed E-state index contributed by atoms with van der Waals surface area (Å²) in [6.07, 6.45) is -2.97. The molecule has 0 atom stereocenters. The van der Waals surface area contributed by atoms with Crippen molar-refractivity contribution in [1.82, 2.24) is 0 Å². The maximum Gasteiger partial charge on any atom is 0.514 e. The van der Waals surface area contributed by atoms with Gasteiger partial charge in [0.2, 0.25) is 0 Å². The van der Waals surface area contributed by atoms with Crippen LogP contribution in [0.2, 0.25) is 0 Å². The number of carbonyl (C=O) groups excluding carboxylic acids is 6. The van der Waals surface area contributed by atoms with E-state index in [4.69, 9.17) is 28.7 Å². The highest BCUT2D eigenvalue weighted by molar-refractivity contribution is 6.17. The Labute approximate surface area is 275 Å². The Kier molecular flexibility index (Phi) is 11.4. The van der Waals surface area contributed by atoms with Crippen LogP contribution in [0.3, 0.4) is 0 Å². The molecule has 0 N–H and O–H groups in total. The normalized spacial score (nSPS) is 10.5. The van der Waals surface area contributed by atoms with Gasteiger partial charge in [0.25, 0.3) is 0 Å². The molecule has 0 fully saturated rings. The van der Waals surface area contributed by atoms with Crippen LogP contribution in [0.25, 0.3) is 0 Å². The smallest absolute Gasteiger partial charge is 0.431 e. The topological polar surface area (TPSA) is 158 Å². The van der Waals surface area contributed by atoms with Crippen molar-refractivity contribution in [3.05, 3.63) is 130 Å². The van der Waals surface area contributed by atoms with Gasteiger partial charge in [0.05, 0.1) is 34.5 Å². The van der Waals surface area contributed by atoms with E-state index in [9.17, 15) is 28.8 Å². The maximum absolute atomic E-state index is 13.5. The number of rotatable bonds is 10. The summed E-state index contributed by atoms with van der Waals surface area (Å²) in [5.74, 6) is -4.00. The Morgan fingerprint density at radius 3 is 1.04 bits per heavy atom. The van der Waals surface area contributed by atoms with Crippen LogP contribution in [0.15, 0.2) is 97.1 Å². The third-order valence-electron chi connectivity index (χ3n) is 6.29. The molecule has 0 aromatic heterocycles. The van der Waals surface area contributed by atoms with Crippen LogP contribution < -0.4 is 9.47 Å². The fraction of sp³-hybridized carbons (Fsp3) is 0.167. The average molecular weight is 655 g/mol. The van der Waals surface area contributed by atoms with E-state index in [0.717, 1.165) is 0 Å². The molecule has 12 nitrogen and oxygen atoms in total. The summed E-state index contributed by atoms with van der Waals surface area (Å²) in [4.78, 5) is 87.1. The van der Waals surface area contributed by atoms with E-state index in [1.54, 1.807) is 39.8 Å². The molecule has 0 radical (unpaired) electrons. The van der Waals surface area contributed by atoms with Crippen molar-refractivity contribution in [1.29, 1.82) is 0 Å². The third kappa shape index (κ3) is 8.69. The second-order valence-electron chi connectivity index (χ2n) is 10.5. The number of para-hydroxylation sites is 2. The first-order chi connectivity index (χ1) is 23.0. The Hall–Kier alpha value is -6.30. The molecule has 12 heteroatoms.